The predicted octanol–water partition coefficient (Wildman–Crippen LogP) is 3.29. The number of aryl methyl sites for hydroxylation is 1. The average molecular weight is 249 g/mol. The van der Waals surface area contributed by atoms with Gasteiger partial charge in [-0.3, -0.25) is 0 Å². The van der Waals surface area contributed by atoms with Crippen molar-refractivity contribution in [1.82, 2.24) is 4.98 Å². The molecule has 0 atom stereocenters. The first-order valence-electron chi connectivity index (χ1n) is 5.28. The van der Waals surface area contributed by atoms with Crippen LogP contribution in [0.5, 0.6) is 11.6 Å². The monoisotopic (exact) mass is 248 g/mol. The van der Waals surface area contributed by atoms with Crippen molar-refractivity contribution >= 4 is 11.6 Å². The summed E-state index contributed by atoms with van der Waals surface area (Å²) in [5.41, 5.74) is 7.65. The Morgan fingerprint density at radius 2 is 2.12 bits per heavy atom. The Kier molecular flexibility index (Phi) is 3.61. The summed E-state index contributed by atoms with van der Waals surface area (Å²) in [5.74, 6) is 1.12. The molecule has 1 aromatic heterocycles. The number of pyridine rings is 1. The van der Waals surface area contributed by atoms with Crippen molar-refractivity contribution in [1.29, 1.82) is 0 Å². The molecule has 0 aliphatic carbocycles. The first-order chi connectivity index (χ1) is 8.20. The second kappa shape index (κ2) is 5.17. The third-order valence-corrected chi connectivity index (χ3v) is 2.78. The zero-order valence-electron chi connectivity index (χ0n) is 9.48. The first-order valence-corrected chi connectivity index (χ1v) is 5.66. The Morgan fingerprint density at radius 3 is 2.76 bits per heavy atom. The van der Waals surface area contributed by atoms with Crippen LogP contribution < -0.4 is 10.5 Å². The van der Waals surface area contributed by atoms with Gasteiger partial charge in [-0.05, 0) is 30.2 Å². The minimum Gasteiger partial charge on any atom is -0.437 e. The number of nitrogens with two attached hydrogens (primary N) is 1. The van der Waals surface area contributed by atoms with E-state index in [2.05, 4.69) is 4.98 Å². The Bertz CT molecular complexity index is 529. The van der Waals surface area contributed by atoms with Gasteiger partial charge in [0, 0.05) is 18.8 Å². The fourth-order valence-electron chi connectivity index (χ4n) is 1.47. The molecule has 0 saturated carbocycles. The maximum Gasteiger partial charge on any atom is 0.219 e. The van der Waals surface area contributed by atoms with Crippen molar-refractivity contribution in [2.45, 2.75) is 13.5 Å². The maximum atomic E-state index is 6.00. The number of hydrogen-bond donors (Lipinski definition) is 1. The minimum atomic E-state index is 0.477. The number of aromatic nitrogens is 1. The van der Waals surface area contributed by atoms with E-state index in [1.54, 1.807) is 18.3 Å². The fourth-order valence-corrected chi connectivity index (χ4v) is 1.64. The van der Waals surface area contributed by atoms with Gasteiger partial charge >= 0.3 is 0 Å². The second-order valence-electron chi connectivity index (χ2n) is 3.69. The van der Waals surface area contributed by atoms with Crippen molar-refractivity contribution in [3.63, 3.8) is 0 Å². The molecule has 2 N–H and O–H groups in total. The Balaban J connectivity index is 2.25. The van der Waals surface area contributed by atoms with Gasteiger partial charge in [-0.15, -0.1) is 0 Å². The lowest BCUT2D eigenvalue weighted by atomic mass is 10.2. The molecule has 0 unspecified atom stereocenters. The van der Waals surface area contributed by atoms with E-state index in [1.165, 1.54) is 0 Å². The quantitative estimate of drug-likeness (QED) is 0.907. The summed E-state index contributed by atoms with van der Waals surface area (Å²) in [7, 11) is 0. The van der Waals surface area contributed by atoms with Crippen molar-refractivity contribution in [3.8, 4) is 11.6 Å². The molecular formula is C13H13ClN2O. The normalized spacial score (nSPS) is 10.3. The summed E-state index contributed by atoms with van der Waals surface area (Å²) >= 11 is 6.00. The molecule has 17 heavy (non-hydrogen) atoms. The van der Waals surface area contributed by atoms with E-state index in [1.807, 2.05) is 25.1 Å². The number of para-hydroxylation sites is 1. The molecular weight excluding hydrogens is 236 g/mol. The van der Waals surface area contributed by atoms with Crippen molar-refractivity contribution in [3.05, 3.63) is 52.7 Å². The minimum absolute atomic E-state index is 0.477. The van der Waals surface area contributed by atoms with E-state index in [9.17, 15) is 0 Å². The van der Waals surface area contributed by atoms with E-state index in [0.29, 0.717) is 23.2 Å². The number of rotatable bonds is 3. The maximum absolute atomic E-state index is 6.00. The lowest BCUT2D eigenvalue weighted by Crippen LogP contribution is -2.00. The highest BCUT2D eigenvalue weighted by Gasteiger charge is 2.05. The lowest BCUT2D eigenvalue weighted by molar-refractivity contribution is 0.462. The third-order valence-electron chi connectivity index (χ3n) is 2.47. The van der Waals surface area contributed by atoms with Gasteiger partial charge in [0.05, 0.1) is 5.02 Å². The van der Waals surface area contributed by atoms with Crippen LogP contribution >= 0.6 is 11.6 Å². The molecule has 0 amide bonds. The zero-order valence-corrected chi connectivity index (χ0v) is 10.2. The van der Waals surface area contributed by atoms with Crippen LogP contribution in [0.4, 0.5) is 0 Å². The zero-order chi connectivity index (χ0) is 12.3. The fraction of sp³-hybridized carbons (Fsp3) is 0.154. The van der Waals surface area contributed by atoms with Crippen LogP contribution in [0.1, 0.15) is 11.1 Å². The topological polar surface area (TPSA) is 48.1 Å². The van der Waals surface area contributed by atoms with Crippen LogP contribution in [0.15, 0.2) is 36.5 Å². The molecule has 0 saturated heterocycles. The van der Waals surface area contributed by atoms with Gasteiger partial charge in [0.15, 0.2) is 0 Å². The largest absolute Gasteiger partial charge is 0.437 e. The van der Waals surface area contributed by atoms with Crippen LogP contribution in [0.25, 0.3) is 0 Å². The molecule has 0 aliphatic heterocycles. The van der Waals surface area contributed by atoms with E-state index in [4.69, 9.17) is 22.1 Å². The molecule has 4 heteroatoms. The van der Waals surface area contributed by atoms with Gasteiger partial charge in [0.25, 0.3) is 0 Å². The highest BCUT2D eigenvalue weighted by molar-refractivity contribution is 6.32. The summed E-state index contributed by atoms with van der Waals surface area (Å²) in [6, 6.07) is 9.15. The van der Waals surface area contributed by atoms with Crippen LogP contribution in [-0.2, 0) is 6.54 Å². The Morgan fingerprint density at radius 1 is 1.35 bits per heavy atom. The van der Waals surface area contributed by atoms with Gasteiger partial charge in [0.1, 0.15) is 5.75 Å². The molecule has 1 aromatic carbocycles. The van der Waals surface area contributed by atoms with Crippen LogP contribution in [0, 0.1) is 6.92 Å². The molecule has 2 rings (SSSR count). The van der Waals surface area contributed by atoms with E-state index in [0.717, 1.165) is 11.1 Å². The number of nitrogens with zero attached hydrogens (tertiary/aromatic N) is 1. The molecule has 0 fully saturated rings. The molecule has 88 valence electrons. The summed E-state index contributed by atoms with van der Waals surface area (Å²) < 4.78 is 5.61. The van der Waals surface area contributed by atoms with Gasteiger partial charge < -0.3 is 10.5 Å². The van der Waals surface area contributed by atoms with E-state index < -0.39 is 0 Å². The lowest BCUT2D eigenvalue weighted by Gasteiger charge is -2.08. The Hall–Kier alpha value is -1.58. The summed E-state index contributed by atoms with van der Waals surface area (Å²) in [6.07, 6.45) is 1.72. The molecule has 2 aromatic rings. The average Bonchev–Trinajstić information content (AvgIpc) is 2.32. The number of hydrogen-bond acceptors (Lipinski definition) is 3. The highest BCUT2D eigenvalue weighted by Crippen LogP contribution is 2.28. The predicted molar refractivity (Wildman–Crippen MR) is 68.4 cm³/mol. The smallest absolute Gasteiger partial charge is 0.219 e. The Labute approximate surface area is 105 Å². The number of ether oxygens (including phenoxy) is 1. The summed E-state index contributed by atoms with van der Waals surface area (Å²) in [4.78, 5) is 4.19. The number of benzene rings is 1. The molecule has 0 spiro atoms. The second-order valence-corrected chi connectivity index (χ2v) is 4.09. The first kappa shape index (κ1) is 11.9. The molecule has 0 aliphatic rings. The van der Waals surface area contributed by atoms with Gasteiger partial charge in [0.2, 0.25) is 5.88 Å². The van der Waals surface area contributed by atoms with Gasteiger partial charge in [-0.1, -0.05) is 23.7 Å². The van der Waals surface area contributed by atoms with Crippen molar-refractivity contribution < 1.29 is 4.74 Å². The van der Waals surface area contributed by atoms with Gasteiger partial charge in [-0.2, -0.15) is 0 Å². The van der Waals surface area contributed by atoms with Crippen LogP contribution in [0.3, 0.4) is 0 Å². The third kappa shape index (κ3) is 2.75. The van der Waals surface area contributed by atoms with Gasteiger partial charge in [-0.25, -0.2) is 4.98 Å². The molecule has 0 bridgehead atoms. The molecule has 0 radical (unpaired) electrons. The SMILES string of the molecule is Cc1cc(Oc2ccccc2Cl)ncc1CN. The van der Waals surface area contributed by atoms with E-state index >= 15 is 0 Å². The van der Waals surface area contributed by atoms with E-state index in [-0.39, 0.29) is 0 Å². The summed E-state index contributed by atoms with van der Waals surface area (Å²) in [5, 5.41) is 0.565. The standard InChI is InChI=1S/C13H13ClN2O/c1-9-6-13(16-8-10(9)7-15)17-12-5-3-2-4-11(12)14/h2-6,8H,7,15H2,1H3. The van der Waals surface area contributed by atoms with Crippen molar-refractivity contribution in [2.24, 2.45) is 5.73 Å². The number of halogens is 1. The van der Waals surface area contributed by atoms with Crippen LogP contribution in [-0.4, -0.2) is 4.98 Å². The summed E-state index contributed by atoms with van der Waals surface area (Å²) in [6.45, 7) is 2.45. The molecule has 1 heterocycles. The van der Waals surface area contributed by atoms with Crippen molar-refractivity contribution in [2.75, 3.05) is 0 Å². The highest BCUT2D eigenvalue weighted by atomic mass is 35.5. The molecule has 3 nitrogen and oxygen atoms in total. The van der Waals surface area contributed by atoms with Crippen LogP contribution in [0.2, 0.25) is 5.02 Å².